The summed E-state index contributed by atoms with van der Waals surface area (Å²) in [7, 11) is 0. The van der Waals surface area contributed by atoms with Gasteiger partial charge in [0.1, 0.15) is 6.42 Å². The SMILES string of the molecule is CCOC(=O)c1ccc(NC(=O)CC(F)(F)F)cc1. The zero-order valence-corrected chi connectivity index (χ0v) is 10.1. The highest BCUT2D eigenvalue weighted by Gasteiger charge is 2.31. The van der Waals surface area contributed by atoms with Gasteiger partial charge in [-0.15, -0.1) is 0 Å². The number of ether oxygens (including phenoxy) is 1. The first-order valence-corrected chi connectivity index (χ1v) is 5.45. The van der Waals surface area contributed by atoms with Gasteiger partial charge in [0.15, 0.2) is 0 Å². The average molecular weight is 275 g/mol. The molecule has 1 N–H and O–H groups in total. The number of halogens is 3. The first-order valence-electron chi connectivity index (χ1n) is 5.45. The van der Waals surface area contributed by atoms with Crippen molar-refractivity contribution in [2.75, 3.05) is 11.9 Å². The quantitative estimate of drug-likeness (QED) is 0.860. The largest absolute Gasteiger partial charge is 0.462 e. The molecule has 1 amide bonds. The Morgan fingerprint density at radius 3 is 2.26 bits per heavy atom. The number of benzene rings is 1. The maximum atomic E-state index is 11.9. The van der Waals surface area contributed by atoms with Gasteiger partial charge in [0.05, 0.1) is 12.2 Å². The molecule has 19 heavy (non-hydrogen) atoms. The van der Waals surface area contributed by atoms with Crippen molar-refractivity contribution in [3.63, 3.8) is 0 Å². The molecule has 0 saturated carbocycles. The first kappa shape index (κ1) is 15.0. The van der Waals surface area contributed by atoms with Crippen LogP contribution in [0.4, 0.5) is 18.9 Å². The molecule has 0 aliphatic carbocycles. The molecule has 0 spiro atoms. The number of hydrogen-bond donors (Lipinski definition) is 1. The van der Waals surface area contributed by atoms with Crippen molar-refractivity contribution in [3.8, 4) is 0 Å². The van der Waals surface area contributed by atoms with Crippen molar-refractivity contribution in [3.05, 3.63) is 29.8 Å². The molecule has 0 aromatic heterocycles. The Morgan fingerprint density at radius 2 is 1.79 bits per heavy atom. The van der Waals surface area contributed by atoms with Crippen LogP contribution in [-0.2, 0) is 9.53 Å². The van der Waals surface area contributed by atoms with Crippen LogP contribution in [0.25, 0.3) is 0 Å². The fourth-order valence-electron chi connectivity index (χ4n) is 1.29. The van der Waals surface area contributed by atoms with Gasteiger partial charge >= 0.3 is 12.1 Å². The summed E-state index contributed by atoms with van der Waals surface area (Å²) in [6, 6.07) is 5.39. The third kappa shape index (κ3) is 5.41. The predicted molar refractivity (Wildman–Crippen MR) is 61.7 cm³/mol. The van der Waals surface area contributed by atoms with Crippen LogP contribution in [0.3, 0.4) is 0 Å². The minimum Gasteiger partial charge on any atom is -0.462 e. The smallest absolute Gasteiger partial charge is 0.397 e. The van der Waals surface area contributed by atoms with Crippen LogP contribution in [0.2, 0.25) is 0 Å². The van der Waals surface area contributed by atoms with Crippen LogP contribution in [-0.4, -0.2) is 24.7 Å². The fourth-order valence-corrected chi connectivity index (χ4v) is 1.29. The number of anilines is 1. The van der Waals surface area contributed by atoms with Crippen molar-refractivity contribution in [1.82, 2.24) is 0 Å². The third-order valence-corrected chi connectivity index (χ3v) is 2.04. The summed E-state index contributed by atoms with van der Waals surface area (Å²) >= 11 is 0. The van der Waals surface area contributed by atoms with Crippen molar-refractivity contribution in [2.24, 2.45) is 0 Å². The van der Waals surface area contributed by atoms with Crippen LogP contribution in [0.5, 0.6) is 0 Å². The molecule has 1 aromatic rings. The lowest BCUT2D eigenvalue weighted by Crippen LogP contribution is -2.21. The minimum atomic E-state index is -4.55. The van der Waals surface area contributed by atoms with Gasteiger partial charge in [0.2, 0.25) is 5.91 Å². The van der Waals surface area contributed by atoms with Crippen LogP contribution in [0, 0.1) is 0 Å². The van der Waals surface area contributed by atoms with Crippen LogP contribution >= 0.6 is 0 Å². The number of alkyl halides is 3. The topological polar surface area (TPSA) is 55.4 Å². The van der Waals surface area contributed by atoms with Gasteiger partial charge < -0.3 is 10.1 Å². The van der Waals surface area contributed by atoms with Crippen LogP contribution in [0.1, 0.15) is 23.7 Å². The Morgan fingerprint density at radius 1 is 1.21 bits per heavy atom. The van der Waals surface area contributed by atoms with Crippen molar-refractivity contribution >= 4 is 17.6 Å². The van der Waals surface area contributed by atoms with Gasteiger partial charge in [0.25, 0.3) is 0 Å². The van der Waals surface area contributed by atoms with Crippen LogP contribution < -0.4 is 5.32 Å². The third-order valence-electron chi connectivity index (χ3n) is 2.04. The van der Waals surface area contributed by atoms with E-state index >= 15 is 0 Å². The molecule has 104 valence electrons. The molecular weight excluding hydrogens is 263 g/mol. The highest BCUT2D eigenvalue weighted by Crippen LogP contribution is 2.20. The highest BCUT2D eigenvalue weighted by molar-refractivity contribution is 5.93. The Bertz CT molecular complexity index is 454. The van der Waals surface area contributed by atoms with E-state index in [1.165, 1.54) is 24.3 Å². The monoisotopic (exact) mass is 275 g/mol. The number of amides is 1. The van der Waals surface area contributed by atoms with E-state index in [9.17, 15) is 22.8 Å². The Labute approximate surface area is 107 Å². The van der Waals surface area contributed by atoms with E-state index in [0.29, 0.717) is 0 Å². The fraction of sp³-hybridized carbons (Fsp3) is 0.333. The molecule has 1 aromatic carbocycles. The second-order valence-electron chi connectivity index (χ2n) is 3.64. The summed E-state index contributed by atoms with van der Waals surface area (Å²) in [5, 5.41) is 2.09. The number of carbonyl (C=O) groups is 2. The number of hydrogen-bond acceptors (Lipinski definition) is 3. The zero-order chi connectivity index (χ0) is 14.5. The number of esters is 1. The lowest BCUT2D eigenvalue weighted by molar-refractivity contribution is -0.150. The van der Waals surface area contributed by atoms with Crippen LogP contribution in [0.15, 0.2) is 24.3 Å². The summed E-state index contributed by atoms with van der Waals surface area (Å²) in [5.41, 5.74) is 0.443. The van der Waals surface area contributed by atoms with Crippen molar-refractivity contribution in [2.45, 2.75) is 19.5 Å². The maximum absolute atomic E-state index is 11.9. The maximum Gasteiger partial charge on any atom is 0.397 e. The molecule has 7 heteroatoms. The number of carbonyl (C=O) groups excluding carboxylic acids is 2. The van der Waals surface area contributed by atoms with E-state index in [2.05, 4.69) is 5.32 Å². The molecule has 0 fully saturated rings. The van der Waals surface area contributed by atoms with Gasteiger partial charge in [-0.1, -0.05) is 0 Å². The second-order valence-corrected chi connectivity index (χ2v) is 3.64. The zero-order valence-electron chi connectivity index (χ0n) is 10.1. The molecule has 0 bridgehead atoms. The standard InChI is InChI=1S/C12H12F3NO3/c1-2-19-11(18)8-3-5-9(6-4-8)16-10(17)7-12(13,14)15/h3-6H,2,7H2,1H3,(H,16,17). The highest BCUT2D eigenvalue weighted by atomic mass is 19.4. The van der Waals surface area contributed by atoms with E-state index in [4.69, 9.17) is 4.74 Å². The molecule has 4 nitrogen and oxygen atoms in total. The summed E-state index contributed by atoms with van der Waals surface area (Å²) < 4.78 is 40.6. The average Bonchev–Trinajstić information content (AvgIpc) is 2.27. The minimum absolute atomic E-state index is 0.183. The van der Waals surface area contributed by atoms with Gasteiger partial charge in [-0.2, -0.15) is 13.2 Å². The number of rotatable bonds is 4. The van der Waals surface area contributed by atoms with E-state index in [-0.39, 0.29) is 17.9 Å². The predicted octanol–water partition coefficient (Wildman–Crippen LogP) is 2.75. The van der Waals surface area contributed by atoms with Crippen molar-refractivity contribution in [1.29, 1.82) is 0 Å². The molecule has 0 aliphatic heterocycles. The lowest BCUT2D eigenvalue weighted by atomic mass is 10.2. The summed E-state index contributed by atoms with van der Waals surface area (Å²) in [6.07, 6.45) is -6.10. The molecule has 0 heterocycles. The summed E-state index contributed by atoms with van der Waals surface area (Å²) in [4.78, 5) is 22.3. The van der Waals surface area contributed by atoms with Crippen molar-refractivity contribution < 1.29 is 27.5 Å². The van der Waals surface area contributed by atoms with Gasteiger partial charge in [-0.25, -0.2) is 4.79 Å². The van der Waals surface area contributed by atoms with E-state index in [1.54, 1.807) is 6.92 Å². The van der Waals surface area contributed by atoms with E-state index in [0.717, 1.165) is 0 Å². The summed E-state index contributed by atoms with van der Waals surface area (Å²) in [5.74, 6) is -1.69. The molecule has 0 radical (unpaired) electrons. The van der Waals surface area contributed by atoms with Gasteiger partial charge in [0, 0.05) is 5.69 Å². The van der Waals surface area contributed by atoms with Gasteiger partial charge in [-0.3, -0.25) is 4.79 Å². The van der Waals surface area contributed by atoms with Gasteiger partial charge in [-0.05, 0) is 31.2 Å². The normalized spacial score (nSPS) is 10.9. The van der Waals surface area contributed by atoms with E-state index in [1.807, 2.05) is 0 Å². The lowest BCUT2D eigenvalue weighted by Gasteiger charge is -2.08. The molecular formula is C12H12F3NO3. The molecule has 0 aliphatic rings. The second kappa shape index (κ2) is 6.21. The Balaban J connectivity index is 2.62. The summed E-state index contributed by atoms with van der Waals surface area (Å²) in [6.45, 7) is 1.88. The molecule has 0 unspecified atom stereocenters. The number of nitrogens with one attached hydrogen (secondary N) is 1. The molecule has 0 atom stereocenters. The van der Waals surface area contributed by atoms with E-state index < -0.39 is 24.5 Å². The molecule has 1 rings (SSSR count). The Hall–Kier alpha value is -2.05. The Kier molecular flexibility index (Phi) is 4.91. The first-order chi connectivity index (χ1) is 8.81. The molecule has 0 saturated heterocycles.